The van der Waals surface area contributed by atoms with Gasteiger partial charge in [0.25, 0.3) is 0 Å². The van der Waals surface area contributed by atoms with Crippen LogP contribution in [0.4, 0.5) is 0 Å². The Bertz CT molecular complexity index is 566. The van der Waals surface area contributed by atoms with Crippen molar-refractivity contribution in [2.45, 2.75) is 64.9 Å². The Balaban J connectivity index is 5.20. The summed E-state index contributed by atoms with van der Waals surface area (Å²) < 4.78 is 0. The Labute approximate surface area is 164 Å². The number of carbonyl (C=O) groups is 4. The highest BCUT2D eigenvalue weighted by Crippen LogP contribution is 2.04. The molecule has 0 rings (SSSR count). The smallest absolute Gasteiger partial charge is 0.326 e. The van der Waals surface area contributed by atoms with Crippen LogP contribution in [0.5, 0.6) is 0 Å². The molecule has 11 nitrogen and oxygen atoms in total. The zero-order valence-electron chi connectivity index (χ0n) is 16.8. The lowest BCUT2D eigenvalue weighted by molar-refractivity contribution is -0.144. The molecule has 28 heavy (non-hydrogen) atoms. The number of hydrogen-bond donors (Lipinski definition) is 7. The van der Waals surface area contributed by atoms with Gasteiger partial charge in [-0.1, -0.05) is 27.7 Å². The minimum Gasteiger partial charge on any atom is -0.480 e. The van der Waals surface area contributed by atoms with Crippen molar-refractivity contribution in [1.29, 1.82) is 0 Å². The van der Waals surface area contributed by atoms with Gasteiger partial charge in [0, 0.05) is 0 Å². The van der Waals surface area contributed by atoms with Gasteiger partial charge in [-0.15, -0.1) is 0 Å². The molecule has 0 radical (unpaired) electrons. The van der Waals surface area contributed by atoms with Crippen molar-refractivity contribution in [3.05, 3.63) is 0 Å². The lowest BCUT2D eigenvalue weighted by atomic mass is 10.0. The third-order valence-corrected chi connectivity index (χ3v) is 4.13. The Morgan fingerprint density at radius 3 is 1.68 bits per heavy atom. The molecule has 0 aromatic heterocycles. The fraction of sp³-hybridized carbons (Fsp3) is 0.765. The van der Waals surface area contributed by atoms with E-state index in [1.165, 1.54) is 6.92 Å². The molecule has 0 spiro atoms. The third-order valence-electron chi connectivity index (χ3n) is 4.13. The number of nitrogens with one attached hydrogen (secondary N) is 3. The molecule has 5 atom stereocenters. The summed E-state index contributed by atoms with van der Waals surface area (Å²) in [7, 11) is 0. The SMILES string of the molecule is CC(C)C(N)C(=O)NC(CO)C(=O)NC(C(=O)NC(C(=O)O)C(C)C)C(C)O. The van der Waals surface area contributed by atoms with Crippen LogP contribution in [0.3, 0.4) is 0 Å². The van der Waals surface area contributed by atoms with Gasteiger partial charge in [-0.25, -0.2) is 4.79 Å². The summed E-state index contributed by atoms with van der Waals surface area (Å²) in [5.74, 6) is -4.40. The summed E-state index contributed by atoms with van der Waals surface area (Å²) >= 11 is 0. The normalized spacial score (nSPS) is 16.6. The summed E-state index contributed by atoms with van der Waals surface area (Å²) in [6.45, 7) is 7.06. The van der Waals surface area contributed by atoms with Gasteiger partial charge in [0.1, 0.15) is 18.1 Å². The van der Waals surface area contributed by atoms with Crippen LogP contribution >= 0.6 is 0 Å². The first-order valence-electron chi connectivity index (χ1n) is 9.01. The predicted molar refractivity (Wildman–Crippen MR) is 99.8 cm³/mol. The molecule has 0 aliphatic rings. The van der Waals surface area contributed by atoms with E-state index in [1.807, 2.05) is 0 Å². The van der Waals surface area contributed by atoms with E-state index < -0.39 is 66.5 Å². The molecule has 3 amide bonds. The van der Waals surface area contributed by atoms with Crippen LogP contribution in [0.1, 0.15) is 34.6 Å². The fourth-order valence-corrected chi connectivity index (χ4v) is 2.18. The van der Waals surface area contributed by atoms with Crippen molar-refractivity contribution in [2.75, 3.05) is 6.61 Å². The minimum atomic E-state index is -1.49. The van der Waals surface area contributed by atoms with Gasteiger partial charge in [-0.3, -0.25) is 14.4 Å². The standard InChI is InChI=1S/C17H32N4O7/c1-7(2)11(18)15(25)19-10(6-22)14(24)21-13(9(5)23)16(26)20-12(8(3)4)17(27)28/h7-13,22-23H,6,18H2,1-5H3,(H,19,25)(H,20,26)(H,21,24)(H,27,28). The van der Waals surface area contributed by atoms with Gasteiger partial charge < -0.3 is 37.0 Å². The summed E-state index contributed by atoms with van der Waals surface area (Å²) in [6.07, 6.45) is -1.36. The number of carboxylic acid groups (broad SMARTS) is 1. The molecule has 0 heterocycles. The van der Waals surface area contributed by atoms with Crippen LogP contribution in [0.25, 0.3) is 0 Å². The highest BCUT2D eigenvalue weighted by atomic mass is 16.4. The molecule has 5 unspecified atom stereocenters. The highest BCUT2D eigenvalue weighted by molar-refractivity contribution is 5.94. The molecule has 0 aromatic rings. The van der Waals surface area contributed by atoms with Crippen LogP contribution in [0, 0.1) is 11.8 Å². The van der Waals surface area contributed by atoms with Crippen LogP contribution in [-0.2, 0) is 19.2 Å². The van der Waals surface area contributed by atoms with Gasteiger partial charge >= 0.3 is 5.97 Å². The summed E-state index contributed by atoms with van der Waals surface area (Å²) in [5, 5.41) is 35.1. The van der Waals surface area contributed by atoms with E-state index in [1.54, 1.807) is 27.7 Å². The van der Waals surface area contributed by atoms with E-state index in [-0.39, 0.29) is 5.92 Å². The second kappa shape index (κ2) is 11.6. The van der Waals surface area contributed by atoms with E-state index in [4.69, 9.17) is 10.8 Å². The maximum absolute atomic E-state index is 12.4. The second-order valence-corrected chi connectivity index (χ2v) is 7.31. The minimum absolute atomic E-state index is 0.206. The highest BCUT2D eigenvalue weighted by Gasteiger charge is 2.33. The van der Waals surface area contributed by atoms with Gasteiger partial charge in [-0.05, 0) is 18.8 Å². The van der Waals surface area contributed by atoms with Gasteiger partial charge in [0.05, 0.1) is 18.8 Å². The number of amides is 3. The topological polar surface area (TPSA) is 191 Å². The molecular weight excluding hydrogens is 372 g/mol. The molecule has 0 saturated carbocycles. The summed E-state index contributed by atoms with van der Waals surface area (Å²) in [5.41, 5.74) is 5.69. The Morgan fingerprint density at radius 2 is 1.32 bits per heavy atom. The average Bonchev–Trinajstić information content (AvgIpc) is 2.59. The number of aliphatic carboxylic acids is 1. The monoisotopic (exact) mass is 404 g/mol. The first kappa shape index (κ1) is 25.8. The summed E-state index contributed by atoms with van der Waals surface area (Å²) in [4.78, 5) is 47.9. The zero-order valence-corrected chi connectivity index (χ0v) is 16.8. The number of hydrogen-bond acceptors (Lipinski definition) is 7. The number of aliphatic hydroxyl groups is 2. The third kappa shape index (κ3) is 7.79. The average molecular weight is 404 g/mol. The van der Waals surface area contributed by atoms with Crippen LogP contribution < -0.4 is 21.7 Å². The van der Waals surface area contributed by atoms with Crippen molar-refractivity contribution in [2.24, 2.45) is 17.6 Å². The van der Waals surface area contributed by atoms with E-state index in [0.29, 0.717) is 0 Å². The molecular formula is C17H32N4O7. The van der Waals surface area contributed by atoms with Gasteiger partial charge in [0.15, 0.2) is 0 Å². The summed E-state index contributed by atoms with van der Waals surface area (Å²) in [6, 6.07) is -5.01. The number of aliphatic hydroxyl groups excluding tert-OH is 2. The molecule has 0 aliphatic heterocycles. The number of nitrogens with two attached hydrogens (primary N) is 1. The molecule has 0 aliphatic carbocycles. The van der Waals surface area contributed by atoms with E-state index in [2.05, 4.69) is 16.0 Å². The van der Waals surface area contributed by atoms with Gasteiger partial charge in [-0.2, -0.15) is 0 Å². The lowest BCUT2D eigenvalue weighted by Crippen LogP contribution is -2.61. The van der Waals surface area contributed by atoms with Crippen molar-refractivity contribution in [3.63, 3.8) is 0 Å². The van der Waals surface area contributed by atoms with Crippen molar-refractivity contribution < 1.29 is 34.5 Å². The molecule has 0 bridgehead atoms. The maximum Gasteiger partial charge on any atom is 0.326 e. The molecule has 0 aromatic carbocycles. The molecule has 0 saturated heterocycles. The molecule has 11 heteroatoms. The number of carboxylic acids is 1. The lowest BCUT2D eigenvalue weighted by Gasteiger charge is -2.27. The van der Waals surface area contributed by atoms with Crippen molar-refractivity contribution in [1.82, 2.24) is 16.0 Å². The molecule has 162 valence electrons. The van der Waals surface area contributed by atoms with Crippen molar-refractivity contribution >= 4 is 23.7 Å². The number of rotatable bonds is 11. The van der Waals surface area contributed by atoms with Crippen LogP contribution in [-0.4, -0.2) is 75.9 Å². The zero-order chi connectivity index (χ0) is 22.2. The molecule has 0 fully saturated rings. The predicted octanol–water partition coefficient (Wildman–Crippen LogP) is -2.46. The quantitative estimate of drug-likeness (QED) is 0.197. The van der Waals surface area contributed by atoms with E-state index in [9.17, 15) is 29.4 Å². The van der Waals surface area contributed by atoms with Crippen LogP contribution in [0.2, 0.25) is 0 Å². The van der Waals surface area contributed by atoms with Gasteiger partial charge in [0.2, 0.25) is 17.7 Å². The molecule has 8 N–H and O–H groups in total. The maximum atomic E-state index is 12.4. The first-order valence-corrected chi connectivity index (χ1v) is 9.01. The number of carbonyl (C=O) groups excluding carboxylic acids is 3. The van der Waals surface area contributed by atoms with E-state index >= 15 is 0 Å². The van der Waals surface area contributed by atoms with Crippen molar-refractivity contribution in [3.8, 4) is 0 Å². The first-order chi connectivity index (χ1) is 12.8. The Hall–Kier alpha value is -2.24. The Kier molecular flexibility index (Phi) is 10.6. The fourth-order valence-electron chi connectivity index (χ4n) is 2.18. The Morgan fingerprint density at radius 1 is 0.821 bits per heavy atom. The van der Waals surface area contributed by atoms with E-state index in [0.717, 1.165) is 0 Å². The van der Waals surface area contributed by atoms with Crippen LogP contribution in [0.15, 0.2) is 0 Å². The second-order valence-electron chi connectivity index (χ2n) is 7.31. The largest absolute Gasteiger partial charge is 0.480 e.